The van der Waals surface area contributed by atoms with Crippen molar-refractivity contribution in [2.24, 2.45) is 0 Å². The van der Waals surface area contributed by atoms with Gasteiger partial charge in [0.25, 0.3) is 0 Å². The third kappa shape index (κ3) is 4.13. The van der Waals surface area contributed by atoms with Crippen LogP contribution in [0.25, 0.3) is 5.65 Å². The number of sulfonamides is 1. The summed E-state index contributed by atoms with van der Waals surface area (Å²) in [5.74, 6) is 1.20. The van der Waals surface area contributed by atoms with Gasteiger partial charge in [0.1, 0.15) is 13.7 Å². The van der Waals surface area contributed by atoms with Crippen LogP contribution >= 0.6 is 0 Å². The first-order valence-corrected chi connectivity index (χ1v) is 11.6. The number of fused-ring (bicyclic) bond motifs is 1. The zero-order valence-electron chi connectivity index (χ0n) is 17.0. The van der Waals surface area contributed by atoms with E-state index in [4.69, 9.17) is 4.98 Å². The van der Waals surface area contributed by atoms with E-state index in [0.29, 0.717) is 19.6 Å². The van der Waals surface area contributed by atoms with E-state index in [-0.39, 0.29) is 5.92 Å². The molecule has 0 bridgehead atoms. The molecule has 1 saturated heterocycles. The molecule has 0 unspecified atom stereocenters. The summed E-state index contributed by atoms with van der Waals surface area (Å²) in [6.45, 7) is 1.78. The molecule has 1 aliphatic rings. The second-order valence-corrected chi connectivity index (χ2v) is 9.74. The van der Waals surface area contributed by atoms with Gasteiger partial charge >= 0.3 is 0 Å². The maximum Gasteiger partial charge on any atom is 0.211 e. The predicted octanol–water partition coefficient (Wildman–Crippen LogP) is 0.158. The van der Waals surface area contributed by atoms with Gasteiger partial charge < -0.3 is 4.90 Å². The summed E-state index contributed by atoms with van der Waals surface area (Å²) >= 11 is 0. The van der Waals surface area contributed by atoms with Gasteiger partial charge in [0.2, 0.25) is 10.0 Å². The fraction of sp³-hybridized carbons (Fsp3) is 0.421. The maximum absolute atomic E-state index is 11.8. The van der Waals surface area contributed by atoms with Crippen LogP contribution in [-0.4, -0.2) is 66.5 Å². The number of pyridine rings is 1. The van der Waals surface area contributed by atoms with E-state index in [0.717, 1.165) is 41.0 Å². The van der Waals surface area contributed by atoms with Crippen LogP contribution in [0, 0.1) is 0 Å². The van der Waals surface area contributed by atoms with Crippen molar-refractivity contribution in [2.45, 2.75) is 25.3 Å². The molecule has 0 aromatic carbocycles. The molecule has 29 heavy (non-hydrogen) atoms. The molecular formula is C19H25BN6O2S. The highest BCUT2D eigenvalue weighted by Gasteiger charge is 2.27. The number of anilines is 1. The predicted molar refractivity (Wildman–Crippen MR) is 116 cm³/mol. The van der Waals surface area contributed by atoms with Crippen LogP contribution in [0.3, 0.4) is 0 Å². The first kappa shape index (κ1) is 19.8. The van der Waals surface area contributed by atoms with Crippen molar-refractivity contribution < 1.29 is 8.42 Å². The molecule has 10 heteroatoms. The average Bonchev–Trinajstić information content (AvgIpc) is 3.08. The highest BCUT2D eigenvalue weighted by Crippen LogP contribution is 2.30. The molecule has 0 atom stereocenters. The molecule has 0 aliphatic carbocycles. The number of hydrogen-bond donors (Lipinski definition) is 0. The smallest absolute Gasteiger partial charge is 0.211 e. The normalized spacial score (nSPS) is 16.3. The lowest BCUT2D eigenvalue weighted by molar-refractivity contribution is 0.318. The van der Waals surface area contributed by atoms with Gasteiger partial charge in [-0.05, 0) is 29.9 Å². The second-order valence-electron chi connectivity index (χ2n) is 7.76. The Bertz CT molecular complexity index is 1110. The van der Waals surface area contributed by atoms with E-state index in [9.17, 15) is 8.42 Å². The molecule has 1 aliphatic heterocycles. The minimum absolute atomic E-state index is 0.234. The molecule has 3 aromatic rings. The van der Waals surface area contributed by atoms with Crippen LogP contribution in [0.2, 0.25) is 0 Å². The van der Waals surface area contributed by atoms with Crippen molar-refractivity contribution in [3.8, 4) is 0 Å². The summed E-state index contributed by atoms with van der Waals surface area (Å²) in [6.07, 6.45) is 8.29. The minimum atomic E-state index is -3.14. The zero-order chi connectivity index (χ0) is 20.6. The Morgan fingerprint density at radius 3 is 2.69 bits per heavy atom. The summed E-state index contributed by atoms with van der Waals surface area (Å²) in [6, 6.07) is 6.08. The lowest BCUT2D eigenvalue weighted by Gasteiger charge is -2.30. The second kappa shape index (κ2) is 7.76. The van der Waals surface area contributed by atoms with Crippen molar-refractivity contribution in [1.82, 2.24) is 23.9 Å². The largest absolute Gasteiger partial charge is 0.355 e. The van der Waals surface area contributed by atoms with Crippen LogP contribution in [0.5, 0.6) is 0 Å². The third-order valence-electron chi connectivity index (χ3n) is 5.52. The third-order valence-corrected chi connectivity index (χ3v) is 6.83. The Morgan fingerprint density at radius 2 is 2.03 bits per heavy atom. The highest BCUT2D eigenvalue weighted by atomic mass is 32.2. The minimum Gasteiger partial charge on any atom is -0.355 e. The lowest BCUT2D eigenvalue weighted by atomic mass is 9.93. The van der Waals surface area contributed by atoms with E-state index in [2.05, 4.69) is 27.1 Å². The Morgan fingerprint density at radius 1 is 1.28 bits per heavy atom. The number of nitrogens with zero attached hydrogens (tertiary/aromatic N) is 6. The number of aromatic nitrogens is 4. The molecule has 0 amide bonds. The lowest BCUT2D eigenvalue weighted by Crippen LogP contribution is -2.37. The topological polar surface area (TPSA) is 83.7 Å². The van der Waals surface area contributed by atoms with Crippen molar-refractivity contribution in [1.29, 1.82) is 0 Å². The van der Waals surface area contributed by atoms with Crippen molar-refractivity contribution >= 4 is 34.8 Å². The van der Waals surface area contributed by atoms with E-state index in [1.54, 1.807) is 10.5 Å². The van der Waals surface area contributed by atoms with Gasteiger partial charge in [0, 0.05) is 63.0 Å². The molecule has 4 heterocycles. The summed E-state index contributed by atoms with van der Waals surface area (Å²) in [5.41, 5.74) is 3.99. The monoisotopic (exact) mass is 412 g/mol. The number of hydrogen-bond acceptors (Lipinski definition) is 6. The molecular weight excluding hydrogens is 387 g/mol. The summed E-state index contributed by atoms with van der Waals surface area (Å²) in [5, 5.41) is 4.52. The molecule has 3 aromatic heterocycles. The SMILES string of the molecule is Bc1cnn2c(N(C)Cc3cccnc3)cc(C3CCN(S(C)(=O)=O)CC3)nc12. The fourth-order valence-corrected chi connectivity index (χ4v) is 4.76. The van der Waals surface area contributed by atoms with Crippen LogP contribution in [0.15, 0.2) is 36.8 Å². The van der Waals surface area contributed by atoms with Crippen LogP contribution in [-0.2, 0) is 16.6 Å². The summed E-state index contributed by atoms with van der Waals surface area (Å²) < 4.78 is 27.1. The van der Waals surface area contributed by atoms with Crippen molar-refractivity contribution in [3.63, 3.8) is 0 Å². The summed E-state index contributed by atoms with van der Waals surface area (Å²) in [7, 11) is 0.911. The Balaban J connectivity index is 1.65. The maximum atomic E-state index is 11.8. The standard InChI is InChI=1S/C19H25BN6O2S/c1-24(13-14-4-3-7-21-11-14)18-10-17(23-19-16(20)12-22-26(18)19)15-5-8-25(9-6-15)29(2,27)28/h3-4,7,10-12,15H,5-6,8-9,13,20H2,1-2H3. The van der Waals surface area contributed by atoms with E-state index < -0.39 is 10.0 Å². The number of piperidine rings is 1. The molecule has 0 saturated carbocycles. The molecule has 0 radical (unpaired) electrons. The van der Waals surface area contributed by atoms with Gasteiger partial charge in [-0.25, -0.2) is 17.7 Å². The van der Waals surface area contributed by atoms with Gasteiger partial charge in [-0.3, -0.25) is 4.98 Å². The van der Waals surface area contributed by atoms with Crippen molar-refractivity contribution in [3.05, 3.63) is 48.0 Å². The van der Waals surface area contributed by atoms with E-state index >= 15 is 0 Å². The molecule has 0 spiro atoms. The van der Waals surface area contributed by atoms with E-state index in [1.807, 2.05) is 37.9 Å². The van der Waals surface area contributed by atoms with Gasteiger partial charge in [0.15, 0.2) is 5.65 Å². The number of rotatable bonds is 5. The first-order valence-electron chi connectivity index (χ1n) is 9.73. The summed E-state index contributed by atoms with van der Waals surface area (Å²) in [4.78, 5) is 11.2. The van der Waals surface area contributed by atoms with Crippen LogP contribution in [0.1, 0.15) is 30.0 Å². The highest BCUT2D eigenvalue weighted by molar-refractivity contribution is 7.88. The average molecular weight is 412 g/mol. The first-order chi connectivity index (χ1) is 13.8. The fourth-order valence-electron chi connectivity index (χ4n) is 3.89. The molecule has 0 N–H and O–H groups in total. The Kier molecular flexibility index (Phi) is 5.31. The van der Waals surface area contributed by atoms with Crippen LogP contribution in [0.4, 0.5) is 5.82 Å². The van der Waals surface area contributed by atoms with E-state index in [1.165, 1.54) is 6.26 Å². The van der Waals surface area contributed by atoms with Gasteiger partial charge in [0.05, 0.1) is 6.26 Å². The van der Waals surface area contributed by atoms with Crippen LogP contribution < -0.4 is 10.4 Å². The van der Waals surface area contributed by atoms with Crippen molar-refractivity contribution in [2.75, 3.05) is 31.3 Å². The zero-order valence-corrected chi connectivity index (χ0v) is 17.8. The van der Waals surface area contributed by atoms with Gasteiger partial charge in [-0.1, -0.05) is 6.07 Å². The Hall–Kier alpha value is -2.46. The molecule has 1 fully saturated rings. The molecule has 4 rings (SSSR count). The quantitative estimate of drug-likeness (QED) is 0.556. The van der Waals surface area contributed by atoms with Gasteiger partial charge in [-0.2, -0.15) is 9.61 Å². The Labute approximate surface area is 172 Å². The van der Waals surface area contributed by atoms with Gasteiger partial charge in [-0.15, -0.1) is 0 Å². The molecule has 152 valence electrons. The molecule has 8 nitrogen and oxygen atoms in total.